The van der Waals surface area contributed by atoms with Crippen LogP contribution in [0.1, 0.15) is 25.5 Å². The number of aromatic nitrogens is 3. The summed E-state index contributed by atoms with van der Waals surface area (Å²) >= 11 is 5.61. The maximum atomic E-state index is 12.6. The van der Waals surface area contributed by atoms with Gasteiger partial charge < -0.3 is 10.2 Å². The van der Waals surface area contributed by atoms with Crippen LogP contribution in [0.5, 0.6) is 0 Å². The molecule has 1 aliphatic rings. The molecule has 0 amide bonds. The minimum Gasteiger partial charge on any atom is -0.340 e. The lowest BCUT2D eigenvalue weighted by molar-refractivity contribution is 0.523. The van der Waals surface area contributed by atoms with Crippen LogP contribution < -0.4 is 15.8 Å². The second-order valence-corrected chi connectivity index (χ2v) is 7.95. The van der Waals surface area contributed by atoms with Gasteiger partial charge in [0, 0.05) is 61.3 Å². The molecule has 4 rings (SSSR count). The van der Waals surface area contributed by atoms with Gasteiger partial charge in [-0.1, -0.05) is 29.3 Å². The van der Waals surface area contributed by atoms with Crippen LogP contribution in [-0.2, 0) is 0 Å². The molecule has 0 atom stereocenters. The third-order valence-electron chi connectivity index (χ3n) is 4.84. The largest absolute Gasteiger partial charge is 0.340 e. The molecular formula is C23H28ClN5O. The second kappa shape index (κ2) is 10.4. The summed E-state index contributed by atoms with van der Waals surface area (Å²) in [5, 5.41) is 4.13. The molecule has 0 aliphatic carbocycles. The number of aryl methyl sites for hydroxylation is 1. The van der Waals surface area contributed by atoms with E-state index in [9.17, 15) is 4.79 Å². The van der Waals surface area contributed by atoms with Crippen molar-refractivity contribution in [3.8, 4) is 11.3 Å². The first-order valence-electron chi connectivity index (χ1n) is 10.2. The highest BCUT2D eigenvalue weighted by Gasteiger charge is 2.19. The maximum Gasteiger partial charge on any atom is 0.255 e. The van der Waals surface area contributed by atoms with Gasteiger partial charge in [0.1, 0.15) is 0 Å². The molecule has 0 unspecified atom stereocenters. The van der Waals surface area contributed by atoms with E-state index in [1.54, 1.807) is 23.0 Å². The Labute approximate surface area is 182 Å². The van der Waals surface area contributed by atoms with Gasteiger partial charge in [-0.05, 0) is 45.0 Å². The molecule has 1 fully saturated rings. The molecule has 1 N–H and O–H groups in total. The van der Waals surface area contributed by atoms with Crippen molar-refractivity contribution >= 4 is 17.5 Å². The lowest BCUT2D eigenvalue weighted by atomic mass is 10.2. The summed E-state index contributed by atoms with van der Waals surface area (Å²) in [6, 6.07) is 13.2. The highest BCUT2D eigenvalue weighted by atomic mass is 35.5. The van der Waals surface area contributed by atoms with Crippen molar-refractivity contribution in [2.45, 2.75) is 26.8 Å². The van der Waals surface area contributed by atoms with Crippen LogP contribution in [0.25, 0.3) is 11.3 Å². The zero-order chi connectivity index (χ0) is 21.5. The van der Waals surface area contributed by atoms with Gasteiger partial charge in [-0.2, -0.15) is 0 Å². The first kappa shape index (κ1) is 22.0. The molecule has 30 heavy (non-hydrogen) atoms. The molecule has 6 nitrogen and oxygen atoms in total. The number of piperazine rings is 1. The first-order chi connectivity index (χ1) is 14.5. The first-order valence-corrected chi connectivity index (χ1v) is 10.6. The van der Waals surface area contributed by atoms with E-state index in [0.717, 1.165) is 42.7 Å². The van der Waals surface area contributed by atoms with Crippen LogP contribution in [0.4, 0.5) is 5.95 Å². The Bertz CT molecular complexity index is 975. The lowest BCUT2D eigenvalue weighted by Crippen LogP contribution is -2.46. The van der Waals surface area contributed by atoms with E-state index < -0.39 is 0 Å². The molecule has 3 heterocycles. The zero-order valence-corrected chi connectivity index (χ0v) is 18.4. The summed E-state index contributed by atoms with van der Waals surface area (Å²) in [6.45, 7) is 9.61. The average molecular weight is 426 g/mol. The Kier molecular flexibility index (Phi) is 7.60. The van der Waals surface area contributed by atoms with Gasteiger partial charge in [0.25, 0.3) is 5.56 Å². The number of pyridine rings is 1. The van der Waals surface area contributed by atoms with Gasteiger partial charge in [0.15, 0.2) is 0 Å². The number of halogens is 1. The number of anilines is 1. The molecule has 158 valence electrons. The van der Waals surface area contributed by atoms with E-state index >= 15 is 0 Å². The van der Waals surface area contributed by atoms with E-state index in [1.807, 2.05) is 57.2 Å². The van der Waals surface area contributed by atoms with Crippen LogP contribution >= 0.6 is 11.6 Å². The van der Waals surface area contributed by atoms with Crippen LogP contribution in [0.2, 0.25) is 5.02 Å². The van der Waals surface area contributed by atoms with Crippen molar-refractivity contribution in [3.63, 3.8) is 0 Å². The van der Waals surface area contributed by atoms with Crippen LogP contribution in [0.3, 0.4) is 0 Å². The minimum absolute atomic E-state index is 0.00894. The van der Waals surface area contributed by atoms with Crippen molar-refractivity contribution in [1.82, 2.24) is 19.9 Å². The van der Waals surface area contributed by atoms with E-state index in [4.69, 9.17) is 16.6 Å². The van der Waals surface area contributed by atoms with Gasteiger partial charge in [-0.3, -0.25) is 14.3 Å². The van der Waals surface area contributed by atoms with Crippen molar-refractivity contribution in [1.29, 1.82) is 0 Å². The molecule has 0 radical (unpaired) electrons. The molecule has 3 aromatic rings. The molecule has 1 aliphatic heterocycles. The number of rotatable bonds is 3. The smallest absolute Gasteiger partial charge is 0.255 e. The van der Waals surface area contributed by atoms with Crippen LogP contribution in [-0.4, -0.2) is 40.7 Å². The Morgan fingerprint density at radius 1 is 1.03 bits per heavy atom. The predicted octanol–water partition coefficient (Wildman–Crippen LogP) is 3.94. The van der Waals surface area contributed by atoms with Gasteiger partial charge in [-0.25, -0.2) is 4.98 Å². The maximum absolute atomic E-state index is 12.6. The predicted molar refractivity (Wildman–Crippen MR) is 123 cm³/mol. The summed E-state index contributed by atoms with van der Waals surface area (Å²) < 4.78 is 1.77. The third-order valence-corrected chi connectivity index (χ3v) is 5.09. The van der Waals surface area contributed by atoms with E-state index in [1.165, 1.54) is 5.56 Å². The van der Waals surface area contributed by atoms with E-state index in [0.29, 0.717) is 5.69 Å². The number of nitrogens with one attached hydrogen (secondary N) is 1. The van der Waals surface area contributed by atoms with Crippen molar-refractivity contribution in [2.75, 3.05) is 31.1 Å². The number of benzene rings is 1. The standard InChI is InChI=1S/C16H21N5O.C7H7Cl/c1-12(2)21-15(22)11-14(13-3-5-17-6-4-13)19-16(21)20-9-7-18-8-10-20;1-6-2-4-7(8)5-3-6/h3-6,11-12,18H,7-10H2,1-2H3;2-5H,1H3. The summed E-state index contributed by atoms with van der Waals surface area (Å²) in [7, 11) is 0. The number of hydrogen-bond acceptors (Lipinski definition) is 5. The van der Waals surface area contributed by atoms with Gasteiger partial charge in [0.05, 0.1) is 5.69 Å². The molecule has 1 saturated heterocycles. The fourth-order valence-corrected chi connectivity index (χ4v) is 3.38. The Morgan fingerprint density at radius 2 is 1.67 bits per heavy atom. The average Bonchev–Trinajstić information content (AvgIpc) is 2.76. The van der Waals surface area contributed by atoms with Crippen molar-refractivity contribution in [3.05, 3.63) is 75.8 Å². The summed E-state index contributed by atoms with van der Waals surface area (Å²) in [6.07, 6.45) is 3.44. The monoisotopic (exact) mass is 425 g/mol. The number of hydrogen-bond donors (Lipinski definition) is 1. The van der Waals surface area contributed by atoms with Crippen molar-refractivity contribution in [2.24, 2.45) is 0 Å². The third kappa shape index (κ3) is 5.68. The van der Waals surface area contributed by atoms with Gasteiger partial charge >= 0.3 is 0 Å². The summed E-state index contributed by atoms with van der Waals surface area (Å²) in [5.41, 5.74) is 2.86. The van der Waals surface area contributed by atoms with Gasteiger partial charge in [-0.15, -0.1) is 0 Å². The minimum atomic E-state index is -0.00894. The van der Waals surface area contributed by atoms with Crippen LogP contribution in [0.15, 0.2) is 59.7 Å². The molecule has 0 spiro atoms. The van der Waals surface area contributed by atoms with Crippen molar-refractivity contribution < 1.29 is 0 Å². The fourth-order valence-electron chi connectivity index (χ4n) is 3.26. The fraction of sp³-hybridized carbons (Fsp3) is 0.348. The SMILES string of the molecule is CC(C)n1c(N2CCNCC2)nc(-c2ccncc2)cc1=O.Cc1ccc(Cl)cc1. The topological polar surface area (TPSA) is 63.1 Å². The molecular weight excluding hydrogens is 398 g/mol. The zero-order valence-electron chi connectivity index (χ0n) is 17.7. The Morgan fingerprint density at radius 3 is 2.23 bits per heavy atom. The quantitative estimate of drug-likeness (QED) is 0.688. The second-order valence-electron chi connectivity index (χ2n) is 7.51. The normalized spacial score (nSPS) is 13.7. The van der Waals surface area contributed by atoms with Gasteiger partial charge in [0.2, 0.25) is 5.95 Å². The molecule has 0 bridgehead atoms. The molecule has 1 aromatic carbocycles. The molecule has 0 saturated carbocycles. The highest BCUT2D eigenvalue weighted by Crippen LogP contribution is 2.21. The van der Waals surface area contributed by atoms with Crippen LogP contribution in [0, 0.1) is 6.92 Å². The Hall–Kier alpha value is -2.70. The summed E-state index contributed by atoms with van der Waals surface area (Å²) in [5.74, 6) is 0.760. The Balaban J connectivity index is 0.000000269. The summed E-state index contributed by atoms with van der Waals surface area (Å²) in [4.78, 5) is 23.6. The molecule has 7 heteroatoms. The van der Waals surface area contributed by atoms with E-state index in [-0.39, 0.29) is 11.6 Å². The number of nitrogens with zero attached hydrogens (tertiary/aromatic N) is 4. The molecule has 2 aromatic heterocycles. The lowest BCUT2D eigenvalue weighted by Gasteiger charge is -2.31. The van der Waals surface area contributed by atoms with E-state index in [2.05, 4.69) is 15.2 Å². The highest BCUT2D eigenvalue weighted by molar-refractivity contribution is 6.30.